The molecule has 0 saturated carbocycles. The lowest BCUT2D eigenvalue weighted by Crippen LogP contribution is -2.27. The highest BCUT2D eigenvalue weighted by atomic mass is 16.4. The van der Waals surface area contributed by atoms with E-state index in [1.807, 2.05) is 31.2 Å². The van der Waals surface area contributed by atoms with Crippen molar-refractivity contribution in [1.29, 1.82) is 0 Å². The van der Waals surface area contributed by atoms with E-state index in [1.165, 1.54) is 6.08 Å². The van der Waals surface area contributed by atoms with E-state index in [4.69, 9.17) is 4.42 Å². The van der Waals surface area contributed by atoms with Crippen LogP contribution in [0.4, 0.5) is 0 Å². The molecule has 1 heterocycles. The number of allylic oxidation sites excluding steroid dienone is 1. The SMILES string of the molecule is CCNC(=O)c1cc2cc(/C=C/C(=O)c3ccc(C)cc3)cc(C(C)CC)c2oc1=O. The molecule has 31 heavy (non-hydrogen) atoms. The zero-order valence-electron chi connectivity index (χ0n) is 18.3. The van der Waals surface area contributed by atoms with Crippen molar-refractivity contribution in [3.05, 3.63) is 86.8 Å². The van der Waals surface area contributed by atoms with E-state index in [-0.39, 0.29) is 17.3 Å². The maximum Gasteiger partial charge on any atom is 0.349 e. The molecule has 1 N–H and O–H groups in total. The number of benzene rings is 2. The van der Waals surface area contributed by atoms with Crippen LogP contribution in [0.3, 0.4) is 0 Å². The molecule has 1 aromatic heterocycles. The summed E-state index contributed by atoms with van der Waals surface area (Å²) in [5.41, 5.74) is 3.20. The molecule has 0 aliphatic heterocycles. The van der Waals surface area contributed by atoms with Gasteiger partial charge in [-0.3, -0.25) is 9.59 Å². The number of aryl methyl sites for hydroxylation is 1. The smallest absolute Gasteiger partial charge is 0.349 e. The summed E-state index contributed by atoms with van der Waals surface area (Å²) in [7, 11) is 0. The third-order valence-electron chi connectivity index (χ3n) is 5.37. The summed E-state index contributed by atoms with van der Waals surface area (Å²) in [6.07, 6.45) is 4.15. The van der Waals surface area contributed by atoms with Crippen LogP contribution in [0.25, 0.3) is 17.0 Å². The van der Waals surface area contributed by atoms with Crippen LogP contribution in [0.5, 0.6) is 0 Å². The molecule has 1 unspecified atom stereocenters. The van der Waals surface area contributed by atoms with Crippen molar-refractivity contribution in [2.24, 2.45) is 0 Å². The van der Waals surface area contributed by atoms with E-state index in [2.05, 4.69) is 19.2 Å². The zero-order chi connectivity index (χ0) is 22.5. The van der Waals surface area contributed by atoms with Crippen LogP contribution >= 0.6 is 0 Å². The summed E-state index contributed by atoms with van der Waals surface area (Å²) in [5, 5.41) is 3.29. The first kappa shape index (κ1) is 22.2. The molecule has 0 fully saturated rings. The Kier molecular flexibility index (Phi) is 6.85. The van der Waals surface area contributed by atoms with E-state index in [1.54, 1.807) is 31.2 Å². The van der Waals surface area contributed by atoms with Crippen molar-refractivity contribution in [2.75, 3.05) is 6.54 Å². The predicted molar refractivity (Wildman–Crippen MR) is 124 cm³/mol. The molecule has 3 rings (SSSR count). The fraction of sp³-hybridized carbons (Fsp3) is 0.269. The first-order valence-electron chi connectivity index (χ1n) is 10.5. The Morgan fingerprint density at radius 3 is 2.45 bits per heavy atom. The van der Waals surface area contributed by atoms with Gasteiger partial charge in [-0.25, -0.2) is 4.79 Å². The van der Waals surface area contributed by atoms with Crippen molar-refractivity contribution in [1.82, 2.24) is 5.32 Å². The van der Waals surface area contributed by atoms with E-state index < -0.39 is 11.5 Å². The lowest BCUT2D eigenvalue weighted by molar-refractivity contribution is 0.0951. The number of carbonyl (C=O) groups is 2. The summed E-state index contributed by atoms with van der Waals surface area (Å²) >= 11 is 0. The molecular formula is C26H27NO4. The van der Waals surface area contributed by atoms with E-state index in [9.17, 15) is 14.4 Å². The van der Waals surface area contributed by atoms with Gasteiger partial charge in [0.15, 0.2) is 5.78 Å². The van der Waals surface area contributed by atoms with Crippen molar-refractivity contribution < 1.29 is 14.0 Å². The standard InChI is InChI=1S/C26H27NO4/c1-5-17(4)21-14-18(9-12-23(28)19-10-7-16(3)8-11-19)13-20-15-22(25(29)27-6-2)26(30)31-24(20)21/h7-15,17H,5-6H2,1-4H3,(H,27,29)/b12-9+. The summed E-state index contributed by atoms with van der Waals surface area (Å²) < 4.78 is 5.57. The summed E-state index contributed by atoms with van der Waals surface area (Å²) in [6, 6.07) is 12.7. The topological polar surface area (TPSA) is 76.4 Å². The fourth-order valence-corrected chi connectivity index (χ4v) is 3.37. The minimum Gasteiger partial charge on any atom is -0.422 e. The highest BCUT2D eigenvalue weighted by molar-refractivity contribution is 6.07. The molecule has 0 saturated heterocycles. The van der Waals surface area contributed by atoms with Gasteiger partial charge in [-0.05, 0) is 61.6 Å². The van der Waals surface area contributed by atoms with Gasteiger partial charge in [0.05, 0.1) is 0 Å². The van der Waals surface area contributed by atoms with Crippen LogP contribution in [0.1, 0.15) is 70.5 Å². The largest absolute Gasteiger partial charge is 0.422 e. The highest BCUT2D eigenvalue weighted by Gasteiger charge is 2.17. The Bertz CT molecular complexity index is 1200. The summed E-state index contributed by atoms with van der Waals surface area (Å²) in [4.78, 5) is 37.2. The van der Waals surface area contributed by atoms with E-state index in [0.29, 0.717) is 23.1 Å². The summed E-state index contributed by atoms with van der Waals surface area (Å²) in [5.74, 6) is -0.409. The van der Waals surface area contributed by atoms with Crippen LogP contribution in [0.2, 0.25) is 0 Å². The monoisotopic (exact) mass is 417 g/mol. The second-order valence-electron chi connectivity index (χ2n) is 7.71. The van der Waals surface area contributed by atoms with E-state index in [0.717, 1.165) is 23.1 Å². The van der Waals surface area contributed by atoms with Gasteiger partial charge in [-0.1, -0.05) is 49.8 Å². The van der Waals surface area contributed by atoms with Crippen molar-refractivity contribution in [3.63, 3.8) is 0 Å². The van der Waals surface area contributed by atoms with Crippen molar-refractivity contribution in [3.8, 4) is 0 Å². The fourth-order valence-electron chi connectivity index (χ4n) is 3.37. The molecular weight excluding hydrogens is 390 g/mol. The van der Waals surface area contributed by atoms with Crippen LogP contribution in [0, 0.1) is 6.92 Å². The van der Waals surface area contributed by atoms with Crippen LogP contribution < -0.4 is 10.9 Å². The normalized spacial score (nSPS) is 12.3. The number of rotatable bonds is 7. The molecule has 2 aromatic carbocycles. The van der Waals surface area contributed by atoms with Gasteiger partial charge in [-0.2, -0.15) is 0 Å². The van der Waals surface area contributed by atoms with Gasteiger partial charge in [0.25, 0.3) is 5.91 Å². The maximum absolute atomic E-state index is 12.5. The molecule has 0 aliphatic carbocycles. The molecule has 0 bridgehead atoms. The molecule has 5 heteroatoms. The van der Waals surface area contributed by atoms with Gasteiger partial charge >= 0.3 is 5.63 Å². The predicted octanol–water partition coefficient (Wildman–Crippen LogP) is 5.26. The molecule has 3 aromatic rings. The van der Waals surface area contributed by atoms with Crippen LogP contribution in [0.15, 0.2) is 57.8 Å². The maximum atomic E-state index is 12.5. The van der Waals surface area contributed by atoms with Crippen LogP contribution in [-0.2, 0) is 0 Å². The third kappa shape index (κ3) is 5.00. The number of hydrogen-bond donors (Lipinski definition) is 1. The first-order chi connectivity index (χ1) is 14.8. The molecule has 1 atom stereocenters. The minimum absolute atomic E-state index is 0.0266. The Morgan fingerprint density at radius 1 is 1.10 bits per heavy atom. The number of hydrogen-bond acceptors (Lipinski definition) is 4. The quantitative estimate of drug-likeness (QED) is 0.323. The average Bonchev–Trinajstić information content (AvgIpc) is 2.76. The Morgan fingerprint density at radius 2 is 1.81 bits per heavy atom. The molecule has 0 aliphatic rings. The third-order valence-corrected chi connectivity index (χ3v) is 5.37. The molecule has 0 radical (unpaired) electrons. The lowest BCUT2D eigenvalue weighted by atomic mass is 9.93. The molecule has 1 amide bonds. The Hall–Kier alpha value is -3.47. The van der Waals surface area contributed by atoms with Gasteiger partial charge in [-0.15, -0.1) is 0 Å². The molecule has 0 spiro atoms. The number of nitrogens with one attached hydrogen (secondary N) is 1. The Labute approximate surface area is 181 Å². The second kappa shape index (κ2) is 9.56. The van der Waals surface area contributed by atoms with E-state index >= 15 is 0 Å². The number of fused-ring (bicyclic) bond motifs is 1. The average molecular weight is 418 g/mol. The number of carbonyl (C=O) groups excluding carboxylic acids is 2. The summed E-state index contributed by atoms with van der Waals surface area (Å²) in [6.45, 7) is 8.29. The van der Waals surface area contributed by atoms with Crippen LogP contribution in [-0.4, -0.2) is 18.2 Å². The van der Waals surface area contributed by atoms with Crippen molar-refractivity contribution in [2.45, 2.75) is 40.0 Å². The Balaban J connectivity index is 2.07. The number of amides is 1. The minimum atomic E-state index is -0.652. The first-order valence-corrected chi connectivity index (χ1v) is 10.5. The lowest BCUT2D eigenvalue weighted by Gasteiger charge is -2.13. The highest BCUT2D eigenvalue weighted by Crippen LogP contribution is 2.29. The van der Waals surface area contributed by atoms with Gasteiger partial charge in [0.1, 0.15) is 11.1 Å². The molecule has 5 nitrogen and oxygen atoms in total. The number of ketones is 1. The second-order valence-corrected chi connectivity index (χ2v) is 7.71. The molecule has 160 valence electrons. The van der Waals surface area contributed by atoms with Gasteiger partial charge < -0.3 is 9.73 Å². The van der Waals surface area contributed by atoms with Gasteiger partial charge in [0, 0.05) is 17.5 Å². The van der Waals surface area contributed by atoms with Gasteiger partial charge in [0.2, 0.25) is 0 Å². The van der Waals surface area contributed by atoms with Crippen molar-refractivity contribution >= 4 is 28.7 Å². The zero-order valence-corrected chi connectivity index (χ0v) is 18.3.